The van der Waals surface area contributed by atoms with Crippen LogP contribution >= 0.6 is 0 Å². The van der Waals surface area contributed by atoms with Crippen molar-refractivity contribution >= 4 is 5.97 Å². The zero-order valence-corrected chi connectivity index (χ0v) is 10.3. The summed E-state index contributed by atoms with van der Waals surface area (Å²) < 4.78 is 10.4. The molecule has 0 aromatic heterocycles. The van der Waals surface area contributed by atoms with Crippen molar-refractivity contribution in [2.45, 2.75) is 6.61 Å². The molecular weight excluding hydrogens is 228 g/mol. The van der Waals surface area contributed by atoms with Crippen LogP contribution in [0.4, 0.5) is 0 Å². The second-order valence-electron chi connectivity index (χ2n) is 4.23. The number of hydrogen-bond acceptors (Lipinski definition) is 3. The van der Waals surface area contributed by atoms with E-state index in [1.165, 1.54) is 7.11 Å². The predicted molar refractivity (Wildman–Crippen MR) is 68.8 cm³/mol. The van der Waals surface area contributed by atoms with E-state index in [0.717, 1.165) is 5.56 Å². The minimum absolute atomic E-state index is 0.291. The molecule has 1 aliphatic carbocycles. The molecule has 2 rings (SSSR count). The molecule has 3 nitrogen and oxygen atoms in total. The van der Waals surface area contributed by atoms with Crippen LogP contribution in [0.5, 0.6) is 0 Å². The number of hydrogen-bond donors (Lipinski definition) is 0. The van der Waals surface area contributed by atoms with Crippen molar-refractivity contribution in [3.05, 3.63) is 60.2 Å². The molecule has 0 saturated carbocycles. The van der Waals surface area contributed by atoms with E-state index >= 15 is 0 Å². The highest BCUT2D eigenvalue weighted by Gasteiger charge is 2.36. The third kappa shape index (κ3) is 2.68. The van der Waals surface area contributed by atoms with E-state index < -0.39 is 5.41 Å². The van der Waals surface area contributed by atoms with E-state index in [1.54, 1.807) is 0 Å². The molecule has 3 heteroatoms. The molecule has 0 N–H and O–H groups in total. The highest BCUT2D eigenvalue weighted by Crippen LogP contribution is 2.28. The van der Waals surface area contributed by atoms with Gasteiger partial charge in [-0.2, -0.15) is 0 Å². The summed E-state index contributed by atoms with van der Waals surface area (Å²) in [5.41, 5.74) is 0.326. The van der Waals surface area contributed by atoms with Crippen molar-refractivity contribution < 1.29 is 14.3 Å². The lowest BCUT2D eigenvalue weighted by molar-refractivity contribution is -0.150. The van der Waals surface area contributed by atoms with Gasteiger partial charge >= 0.3 is 5.97 Å². The van der Waals surface area contributed by atoms with Gasteiger partial charge < -0.3 is 9.47 Å². The smallest absolute Gasteiger partial charge is 0.321 e. The monoisotopic (exact) mass is 244 g/mol. The van der Waals surface area contributed by atoms with Crippen LogP contribution in [0.1, 0.15) is 5.56 Å². The molecular formula is C15H16O3. The van der Waals surface area contributed by atoms with Crippen LogP contribution in [0.2, 0.25) is 0 Å². The van der Waals surface area contributed by atoms with Gasteiger partial charge in [-0.3, -0.25) is 4.79 Å². The van der Waals surface area contributed by atoms with Crippen LogP contribution < -0.4 is 0 Å². The fourth-order valence-electron chi connectivity index (χ4n) is 1.90. The SMILES string of the molecule is COC(=O)C1(COCc2ccccc2)C=CC=C1. The van der Waals surface area contributed by atoms with E-state index in [1.807, 2.05) is 54.6 Å². The Kier molecular flexibility index (Phi) is 3.95. The lowest BCUT2D eigenvalue weighted by atomic mass is 9.91. The van der Waals surface area contributed by atoms with Gasteiger partial charge in [-0.25, -0.2) is 0 Å². The Labute approximate surface area is 107 Å². The molecule has 0 heterocycles. The number of carbonyl (C=O) groups excluding carboxylic acids is 1. The van der Waals surface area contributed by atoms with Gasteiger partial charge in [0, 0.05) is 0 Å². The molecule has 0 radical (unpaired) electrons. The van der Waals surface area contributed by atoms with Crippen LogP contribution in [-0.2, 0) is 20.9 Å². The fraction of sp³-hybridized carbons (Fsp3) is 0.267. The normalized spacial score (nSPS) is 15.8. The van der Waals surface area contributed by atoms with Gasteiger partial charge in [0.25, 0.3) is 0 Å². The summed E-state index contributed by atoms with van der Waals surface area (Å²) in [5.74, 6) is -0.291. The Morgan fingerprint density at radius 3 is 2.44 bits per heavy atom. The van der Waals surface area contributed by atoms with Crippen LogP contribution in [0, 0.1) is 5.41 Å². The molecule has 0 bridgehead atoms. The fourth-order valence-corrected chi connectivity index (χ4v) is 1.90. The maximum absolute atomic E-state index is 11.8. The standard InChI is InChI=1S/C15H16O3/c1-17-14(16)15(9-5-6-10-15)12-18-11-13-7-3-2-4-8-13/h2-10H,11-12H2,1H3. The van der Waals surface area contributed by atoms with Crippen LogP contribution in [0.15, 0.2) is 54.6 Å². The minimum Gasteiger partial charge on any atom is -0.468 e. The molecule has 18 heavy (non-hydrogen) atoms. The van der Waals surface area contributed by atoms with Crippen molar-refractivity contribution in [2.24, 2.45) is 5.41 Å². The number of allylic oxidation sites excluding steroid dienone is 2. The van der Waals surface area contributed by atoms with Gasteiger partial charge in [-0.15, -0.1) is 0 Å². The van der Waals surface area contributed by atoms with Crippen molar-refractivity contribution in [3.8, 4) is 0 Å². The molecule has 1 aromatic carbocycles. The molecule has 0 atom stereocenters. The Morgan fingerprint density at radius 1 is 1.17 bits per heavy atom. The van der Waals surface area contributed by atoms with Gasteiger partial charge in [0.2, 0.25) is 0 Å². The first kappa shape index (κ1) is 12.6. The van der Waals surface area contributed by atoms with Crippen molar-refractivity contribution in [3.63, 3.8) is 0 Å². The molecule has 94 valence electrons. The molecule has 1 aliphatic rings. The molecule has 0 fully saturated rings. The zero-order chi connectivity index (χ0) is 12.8. The Balaban J connectivity index is 1.94. The maximum Gasteiger partial charge on any atom is 0.321 e. The van der Waals surface area contributed by atoms with E-state index in [4.69, 9.17) is 9.47 Å². The number of methoxy groups -OCH3 is 1. The van der Waals surface area contributed by atoms with Crippen molar-refractivity contribution in [1.82, 2.24) is 0 Å². The summed E-state index contributed by atoms with van der Waals surface area (Å²) in [6, 6.07) is 9.87. The average molecular weight is 244 g/mol. The van der Waals surface area contributed by atoms with Crippen LogP contribution in [-0.4, -0.2) is 19.7 Å². The Bertz CT molecular complexity index is 448. The first-order valence-electron chi connectivity index (χ1n) is 5.84. The summed E-state index contributed by atoms with van der Waals surface area (Å²) >= 11 is 0. The van der Waals surface area contributed by atoms with Crippen molar-refractivity contribution in [2.75, 3.05) is 13.7 Å². The van der Waals surface area contributed by atoms with Gasteiger partial charge in [-0.1, -0.05) is 54.6 Å². The van der Waals surface area contributed by atoms with E-state index in [2.05, 4.69) is 0 Å². The molecule has 0 saturated heterocycles. The predicted octanol–water partition coefficient (Wildman–Crippen LogP) is 2.49. The minimum atomic E-state index is -0.760. The second-order valence-corrected chi connectivity index (χ2v) is 4.23. The topological polar surface area (TPSA) is 35.5 Å². The summed E-state index contributed by atoms with van der Waals surface area (Å²) in [7, 11) is 1.39. The first-order valence-corrected chi connectivity index (χ1v) is 5.84. The lowest BCUT2D eigenvalue weighted by Crippen LogP contribution is -2.32. The molecule has 1 aromatic rings. The third-order valence-corrected chi connectivity index (χ3v) is 2.92. The van der Waals surface area contributed by atoms with Crippen molar-refractivity contribution in [1.29, 1.82) is 0 Å². The maximum atomic E-state index is 11.8. The second kappa shape index (κ2) is 5.65. The highest BCUT2D eigenvalue weighted by atomic mass is 16.5. The molecule has 0 amide bonds. The van der Waals surface area contributed by atoms with E-state index in [9.17, 15) is 4.79 Å². The van der Waals surface area contributed by atoms with Crippen LogP contribution in [0.3, 0.4) is 0 Å². The largest absolute Gasteiger partial charge is 0.468 e. The van der Waals surface area contributed by atoms with Gasteiger partial charge in [-0.05, 0) is 5.56 Å². The van der Waals surface area contributed by atoms with Gasteiger partial charge in [0.15, 0.2) is 0 Å². The summed E-state index contributed by atoms with van der Waals surface area (Å²) in [6.07, 6.45) is 7.29. The quantitative estimate of drug-likeness (QED) is 0.746. The van der Waals surface area contributed by atoms with Gasteiger partial charge in [0.05, 0.1) is 20.3 Å². The Morgan fingerprint density at radius 2 is 1.83 bits per heavy atom. The van der Waals surface area contributed by atoms with E-state index in [-0.39, 0.29) is 5.97 Å². The average Bonchev–Trinajstić information content (AvgIpc) is 2.89. The lowest BCUT2D eigenvalue weighted by Gasteiger charge is -2.21. The molecule has 0 spiro atoms. The summed E-state index contributed by atoms with van der Waals surface area (Å²) in [4.78, 5) is 11.8. The third-order valence-electron chi connectivity index (χ3n) is 2.92. The Hall–Kier alpha value is -1.87. The van der Waals surface area contributed by atoms with Crippen LogP contribution in [0.25, 0.3) is 0 Å². The first-order chi connectivity index (χ1) is 8.77. The summed E-state index contributed by atoms with van der Waals surface area (Å²) in [6.45, 7) is 0.781. The van der Waals surface area contributed by atoms with Gasteiger partial charge in [0.1, 0.15) is 5.41 Å². The highest BCUT2D eigenvalue weighted by molar-refractivity contribution is 5.82. The number of esters is 1. The number of rotatable bonds is 5. The summed E-state index contributed by atoms with van der Waals surface area (Å²) in [5, 5.41) is 0. The number of benzene rings is 1. The zero-order valence-electron chi connectivity index (χ0n) is 10.3. The number of ether oxygens (including phenoxy) is 2. The molecule has 0 unspecified atom stereocenters. The number of carbonyl (C=O) groups is 1. The molecule has 0 aliphatic heterocycles. The van der Waals surface area contributed by atoms with E-state index in [0.29, 0.717) is 13.2 Å².